The Hall–Kier alpha value is -4.19. The van der Waals surface area contributed by atoms with Crippen molar-refractivity contribution in [3.05, 3.63) is 140 Å². The molecule has 0 spiro atoms. The molecule has 0 bridgehead atoms. The Morgan fingerprint density at radius 1 is 0.842 bits per heavy atom. The van der Waals surface area contributed by atoms with Gasteiger partial charge >= 0.3 is 0 Å². The zero-order valence-electron chi connectivity index (χ0n) is 20.1. The minimum Gasteiger partial charge on any atom is -0.321 e. The Morgan fingerprint density at radius 3 is 2.26 bits per heavy atom. The Balaban J connectivity index is 1.59. The predicted octanol–water partition coefficient (Wildman–Crippen LogP) is 7.49. The Morgan fingerprint density at radius 2 is 1.53 bits per heavy atom. The van der Waals surface area contributed by atoms with Gasteiger partial charge in [-0.2, -0.15) is 5.10 Å². The van der Waals surface area contributed by atoms with E-state index in [0.717, 1.165) is 22.1 Å². The van der Waals surface area contributed by atoms with Crippen LogP contribution in [0.4, 0.5) is 0 Å². The molecular formula is C31H21Cl2N3O2. The fourth-order valence-electron chi connectivity index (χ4n) is 4.99. The molecule has 0 unspecified atom stereocenters. The van der Waals surface area contributed by atoms with Crippen molar-refractivity contribution in [1.82, 2.24) is 9.99 Å². The zero-order valence-corrected chi connectivity index (χ0v) is 21.6. The molecule has 1 atom stereocenters. The molecule has 1 N–H and O–H groups in total. The number of hydrogen-bond acceptors (Lipinski definition) is 3. The summed E-state index contributed by atoms with van der Waals surface area (Å²) in [5, 5.41) is 8.12. The molecule has 0 radical (unpaired) electrons. The highest BCUT2D eigenvalue weighted by Gasteiger charge is 2.36. The normalized spacial score (nSPS) is 15.1. The first-order chi connectivity index (χ1) is 18.5. The second kappa shape index (κ2) is 9.93. The van der Waals surface area contributed by atoms with Crippen molar-refractivity contribution in [3.8, 4) is 11.1 Å². The fourth-order valence-corrected chi connectivity index (χ4v) is 5.43. The number of benzene rings is 4. The minimum absolute atomic E-state index is 0.271. The van der Waals surface area contributed by atoms with Crippen LogP contribution in [0.1, 0.15) is 33.9 Å². The van der Waals surface area contributed by atoms with Crippen molar-refractivity contribution < 1.29 is 4.79 Å². The van der Waals surface area contributed by atoms with Gasteiger partial charge in [-0.3, -0.25) is 9.59 Å². The number of nitrogens with zero attached hydrogens (tertiary/aromatic N) is 2. The second-order valence-corrected chi connectivity index (χ2v) is 9.91. The number of aromatic nitrogens is 1. The number of fused-ring (bicyclic) bond motifs is 1. The molecule has 0 fully saturated rings. The van der Waals surface area contributed by atoms with Gasteiger partial charge in [0.1, 0.15) is 0 Å². The fraction of sp³-hybridized carbons (Fsp3) is 0.0645. The van der Waals surface area contributed by atoms with Crippen molar-refractivity contribution >= 4 is 45.7 Å². The molecule has 1 amide bonds. The van der Waals surface area contributed by atoms with E-state index in [1.54, 1.807) is 30.3 Å². The van der Waals surface area contributed by atoms with Crippen LogP contribution in [0.2, 0.25) is 10.0 Å². The van der Waals surface area contributed by atoms with Gasteiger partial charge in [0.2, 0.25) is 0 Å². The molecule has 6 rings (SSSR count). The van der Waals surface area contributed by atoms with E-state index in [1.807, 2.05) is 72.8 Å². The van der Waals surface area contributed by atoms with Crippen LogP contribution >= 0.6 is 23.2 Å². The number of H-pyrrole nitrogens is 1. The third kappa shape index (κ3) is 4.30. The summed E-state index contributed by atoms with van der Waals surface area (Å²) in [6.45, 7) is 0. The number of amides is 1. The molecule has 1 aliphatic heterocycles. The lowest BCUT2D eigenvalue weighted by Gasteiger charge is -2.23. The Kier molecular flexibility index (Phi) is 6.32. The van der Waals surface area contributed by atoms with Gasteiger partial charge in [-0.05, 0) is 47.5 Å². The smallest absolute Gasteiger partial charge is 0.274 e. The van der Waals surface area contributed by atoms with Gasteiger partial charge in [-0.25, -0.2) is 5.01 Å². The summed E-state index contributed by atoms with van der Waals surface area (Å²) < 4.78 is 0. The number of rotatable bonds is 4. The number of halogens is 2. The third-order valence-corrected chi connectivity index (χ3v) is 7.31. The maximum Gasteiger partial charge on any atom is 0.274 e. The number of aromatic amines is 1. The summed E-state index contributed by atoms with van der Waals surface area (Å²) in [4.78, 5) is 30.3. The Labute approximate surface area is 229 Å². The number of carbonyl (C=O) groups is 1. The topological polar surface area (TPSA) is 65.5 Å². The standard InChI is InChI=1S/C31H21Cl2N3O2/c32-21-15-16-25-23(17-21)28(19-9-3-1-4-10-19)29(30(37)34-25)26-18-27(22-13-7-8-14-24(22)33)36(35-26)31(38)20-11-5-2-6-12-20/h1-17,27H,18H2,(H,34,37)/t27-/m0/s1. The highest BCUT2D eigenvalue weighted by molar-refractivity contribution is 6.32. The molecule has 4 aromatic carbocycles. The molecule has 0 saturated heterocycles. The second-order valence-electron chi connectivity index (χ2n) is 9.06. The van der Waals surface area contributed by atoms with Crippen LogP contribution in [0.5, 0.6) is 0 Å². The SMILES string of the molecule is O=C(c1ccccc1)N1N=C(c2c(-c3ccccc3)c3cc(Cl)ccc3[nH]c2=O)C[C@H]1c1ccccc1Cl. The molecule has 0 saturated carbocycles. The lowest BCUT2D eigenvalue weighted by atomic mass is 9.91. The van der Waals surface area contributed by atoms with E-state index < -0.39 is 6.04 Å². The van der Waals surface area contributed by atoms with Crippen LogP contribution in [0.25, 0.3) is 22.0 Å². The van der Waals surface area contributed by atoms with Gasteiger partial charge in [0, 0.05) is 38.5 Å². The first kappa shape index (κ1) is 24.2. The summed E-state index contributed by atoms with van der Waals surface area (Å²) in [5.41, 5.74) is 4.12. The molecule has 186 valence electrons. The lowest BCUT2D eigenvalue weighted by Crippen LogP contribution is -2.27. The van der Waals surface area contributed by atoms with Gasteiger partial charge in [0.25, 0.3) is 11.5 Å². The summed E-state index contributed by atoms with van der Waals surface area (Å²) in [6.07, 6.45) is 0.317. The van der Waals surface area contributed by atoms with Gasteiger partial charge in [0.05, 0.1) is 17.3 Å². The quantitative estimate of drug-likeness (QED) is 0.258. The number of pyridine rings is 1. The van der Waals surface area contributed by atoms with Crippen LogP contribution in [-0.4, -0.2) is 21.6 Å². The molecule has 2 heterocycles. The van der Waals surface area contributed by atoms with E-state index in [0.29, 0.717) is 38.8 Å². The van der Waals surface area contributed by atoms with Gasteiger partial charge in [-0.1, -0.05) is 89.9 Å². The molecule has 0 aliphatic carbocycles. The van der Waals surface area contributed by atoms with E-state index in [-0.39, 0.29) is 11.5 Å². The predicted molar refractivity (Wildman–Crippen MR) is 153 cm³/mol. The number of nitrogens with one attached hydrogen (secondary N) is 1. The van der Waals surface area contributed by atoms with E-state index >= 15 is 0 Å². The Bertz CT molecular complexity index is 1770. The van der Waals surface area contributed by atoms with E-state index in [4.69, 9.17) is 28.3 Å². The molecule has 5 nitrogen and oxygen atoms in total. The summed E-state index contributed by atoms with van der Waals surface area (Å²) in [7, 11) is 0. The highest BCUT2D eigenvalue weighted by Crippen LogP contribution is 2.39. The summed E-state index contributed by atoms with van der Waals surface area (Å²) in [6, 6.07) is 30.9. The largest absolute Gasteiger partial charge is 0.321 e. The molecular weight excluding hydrogens is 517 g/mol. The average molecular weight is 538 g/mol. The number of carbonyl (C=O) groups excluding carboxylic acids is 1. The van der Waals surface area contributed by atoms with Crippen LogP contribution in [0.15, 0.2) is 113 Å². The molecule has 5 aromatic rings. The van der Waals surface area contributed by atoms with Crippen molar-refractivity contribution in [3.63, 3.8) is 0 Å². The van der Waals surface area contributed by atoms with Crippen LogP contribution < -0.4 is 5.56 Å². The highest BCUT2D eigenvalue weighted by atomic mass is 35.5. The van der Waals surface area contributed by atoms with Gasteiger partial charge in [0.15, 0.2) is 0 Å². The van der Waals surface area contributed by atoms with Crippen molar-refractivity contribution in [2.45, 2.75) is 12.5 Å². The van der Waals surface area contributed by atoms with Crippen molar-refractivity contribution in [2.24, 2.45) is 5.10 Å². The van der Waals surface area contributed by atoms with Crippen LogP contribution in [-0.2, 0) is 0 Å². The molecule has 38 heavy (non-hydrogen) atoms. The van der Waals surface area contributed by atoms with Crippen LogP contribution in [0.3, 0.4) is 0 Å². The van der Waals surface area contributed by atoms with Crippen molar-refractivity contribution in [1.29, 1.82) is 0 Å². The third-order valence-electron chi connectivity index (χ3n) is 6.73. The summed E-state index contributed by atoms with van der Waals surface area (Å²) >= 11 is 13.0. The van der Waals surface area contributed by atoms with Crippen molar-refractivity contribution in [2.75, 3.05) is 0 Å². The average Bonchev–Trinajstić information content (AvgIpc) is 3.38. The summed E-state index contributed by atoms with van der Waals surface area (Å²) in [5.74, 6) is -0.271. The lowest BCUT2D eigenvalue weighted by molar-refractivity contribution is 0.0711. The molecule has 7 heteroatoms. The van der Waals surface area contributed by atoms with Gasteiger partial charge < -0.3 is 4.98 Å². The monoisotopic (exact) mass is 537 g/mol. The number of hydrogen-bond donors (Lipinski definition) is 1. The number of hydrazone groups is 1. The van der Waals surface area contributed by atoms with E-state index in [1.165, 1.54) is 5.01 Å². The van der Waals surface area contributed by atoms with Gasteiger partial charge in [-0.15, -0.1) is 0 Å². The first-order valence-electron chi connectivity index (χ1n) is 12.1. The first-order valence-corrected chi connectivity index (χ1v) is 12.9. The minimum atomic E-state index is -0.482. The van der Waals surface area contributed by atoms with E-state index in [2.05, 4.69) is 4.98 Å². The molecule has 1 aromatic heterocycles. The zero-order chi connectivity index (χ0) is 26.2. The van der Waals surface area contributed by atoms with E-state index in [9.17, 15) is 9.59 Å². The maximum absolute atomic E-state index is 13.7. The molecule has 1 aliphatic rings. The van der Waals surface area contributed by atoms with Crippen LogP contribution in [0, 0.1) is 0 Å². The maximum atomic E-state index is 13.7.